The first-order valence-electron chi connectivity index (χ1n) is 6.73. The van der Waals surface area contributed by atoms with Crippen LogP contribution in [0.2, 0.25) is 0 Å². The number of nitrogens with zero attached hydrogens (tertiary/aromatic N) is 1. The highest BCUT2D eigenvalue weighted by Gasteiger charge is 2.40. The normalized spacial score (nSPS) is 41.1. The van der Waals surface area contributed by atoms with Crippen molar-refractivity contribution in [3.63, 3.8) is 0 Å². The second-order valence-corrected chi connectivity index (χ2v) is 7.11. The van der Waals surface area contributed by atoms with Gasteiger partial charge in [0.1, 0.15) is 0 Å². The quantitative estimate of drug-likeness (QED) is 0.680. The van der Waals surface area contributed by atoms with Gasteiger partial charge in [0.2, 0.25) is 0 Å². The number of likely N-dealkylation sites (tertiary alicyclic amines) is 1. The Morgan fingerprint density at radius 1 is 1.19 bits per heavy atom. The van der Waals surface area contributed by atoms with E-state index in [-0.39, 0.29) is 0 Å². The summed E-state index contributed by atoms with van der Waals surface area (Å²) >= 11 is 0. The molecule has 2 aliphatic heterocycles. The van der Waals surface area contributed by atoms with Crippen LogP contribution in [0.5, 0.6) is 0 Å². The Hall–Kier alpha value is -0.0800. The lowest BCUT2D eigenvalue weighted by molar-refractivity contribution is -0.0830. The van der Waals surface area contributed by atoms with Crippen LogP contribution < -0.4 is 0 Å². The highest BCUT2D eigenvalue weighted by molar-refractivity contribution is 4.91. The van der Waals surface area contributed by atoms with Crippen molar-refractivity contribution in [1.29, 1.82) is 0 Å². The summed E-state index contributed by atoms with van der Waals surface area (Å²) in [5.74, 6) is 1.52. The standard InChI is InChI=1S/C14H27NO/c1-10-6-12-7-15(9-14(3,4)5)8-13(12)16-11(10)2/h10-13H,6-9H2,1-5H3. The van der Waals surface area contributed by atoms with Crippen LogP contribution in [-0.4, -0.2) is 36.7 Å². The van der Waals surface area contributed by atoms with Crippen molar-refractivity contribution in [3.05, 3.63) is 0 Å². The second-order valence-electron chi connectivity index (χ2n) is 7.11. The summed E-state index contributed by atoms with van der Waals surface area (Å²) in [7, 11) is 0. The minimum atomic E-state index is 0.407. The Balaban J connectivity index is 1.92. The largest absolute Gasteiger partial charge is 0.373 e. The summed E-state index contributed by atoms with van der Waals surface area (Å²) in [6, 6.07) is 0. The third-order valence-electron chi connectivity index (χ3n) is 4.02. The summed E-state index contributed by atoms with van der Waals surface area (Å²) in [4.78, 5) is 2.60. The monoisotopic (exact) mass is 225 g/mol. The van der Waals surface area contributed by atoms with E-state index in [4.69, 9.17) is 4.74 Å². The molecule has 0 amide bonds. The molecule has 16 heavy (non-hydrogen) atoms. The number of ether oxygens (including phenoxy) is 1. The van der Waals surface area contributed by atoms with Crippen LogP contribution in [-0.2, 0) is 4.74 Å². The first-order valence-corrected chi connectivity index (χ1v) is 6.73. The van der Waals surface area contributed by atoms with E-state index < -0.39 is 0 Å². The first-order chi connectivity index (χ1) is 7.35. The molecule has 2 saturated heterocycles. The maximum absolute atomic E-state index is 6.13. The maximum Gasteiger partial charge on any atom is 0.0746 e. The number of hydrogen-bond donors (Lipinski definition) is 0. The SMILES string of the molecule is CC1CC2CN(CC(C)(C)C)CC2OC1C. The molecular weight excluding hydrogens is 198 g/mol. The van der Waals surface area contributed by atoms with Gasteiger partial charge in [-0.25, -0.2) is 0 Å². The average molecular weight is 225 g/mol. The van der Waals surface area contributed by atoms with Crippen LogP contribution in [0.1, 0.15) is 41.0 Å². The molecule has 2 heterocycles. The molecule has 0 aromatic carbocycles. The van der Waals surface area contributed by atoms with Gasteiger partial charge >= 0.3 is 0 Å². The van der Waals surface area contributed by atoms with Crippen LogP contribution in [0.3, 0.4) is 0 Å². The van der Waals surface area contributed by atoms with Gasteiger partial charge in [-0.3, -0.25) is 4.90 Å². The van der Waals surface area contributed by atoms with Crippen molar-refractivity contribution < 1.29 is 4.74 Å². The highest BCUT2D eigenvalue weighted by Crippen LogP contribution is 2.35. The van der Waals surface area contributed by atoms with Crippen LogP contribution >= 0.6 is 0 Å². The van der Waals surface area contributed by atoms with E-state index in [0.29, 0.717) is 17.6 Å². The van der Waals surface area contributed by atoms with E-state index in [9.17, 15) is 0 Å². The molecule has 0 spiro atoms. The Labute approximate surface area is 100 Å². The smallest absolute Gasteiger partial charge is 0.0746 e. The third-order valence-corrected chi connectivity index (χ3v) is 4.02. The molecule has 2 rings (SSSR count). The van der Waals surface area contributed by atoms with E-state index >= 15 is 0 Å². The predicted molar refractivity (Wildman–Crippen MR) is 67.5 cm³/mol. The van der Waals surface area contributed by atoms with Crippen molar-refractivity contribution in [2.45, 2.75) is 53.2 Å². The molecule has 0 aliphatic carbocycles. The van der Waals surface area contributed by atoms with Gasteiger partial charge in [-0.2, -0.15) is 0 Å². The fourth-order valence-corrected chi connectivity index (χ4v) is 3.19. The predicted octanol–water partition coefficient (Wildman–Crippen LogP) is 2.78. The summed E-state index contributed by atoms with van der Waals surface area (Å²) < 4.78 is 6.13. The minimum Gasteiger partial charge on any atom is -0.373 e. The molecule has 2 fully saturated rings. The van der Waals surface area contributed by atoms with Crippen molar-refractivity contribution in [3.8, 4) is 0 Å². The molecule has 2 aliphatic rings. The molecule has 0 bridgehead atoms. The van der Waals surface area contributed by atoms with Crippen molar-refractivity contribution in [2.75, 3.05) is 19.6 Å². The van der Waals surface area contributed by atoms with Crippen LogP contribution in [0.15, 0.2) is 0 Å². The molecule has 2 nitrogen and oxygen atoms in total. The number of hydrogen-bond acceptors (Lipinski definition) is 2. The third kappa shape index (κ3) is 2.78. The van der Waals surface area contributed by atoms with Crippen LogP contribution in [0.4, 0.5) is 0 Å². The first kappa shape index (κ1) is 12.4. The Bertz CT molecular complexity index is 228. The van der Waals surface area contributed by atoms with Gasteiger partial charge in [-0.15, -0.1) is 0 Å². The lowest BCUT2D eigenvalue weighted by atomic mass is 9.87. The molecule has 0 saturated carbocycles. The highest BCUT2D eigenvalue weighted by atomic mass is 16.5. The summed E-state index contributed by atoms with van der Waals surface area (Å²) in [5, 5.41) is 0. The molecular formula is C14H27NO. The van der Waals surface area contributed by atoms with Crippen molar-refractivity contribution in [1.82, 2.24) is 4.90 Å². The lowest BCUT2D eigenvalue weighted by Crippen LogP contribution is -2.38. The minimum absolute atomic E-state index is 0.407. The molecule has 4 atom stereocenters. The van der Waals surface area contributed by atoms with E-state index in [1.165, 1.54) is 19.5 Å². The molecule has 0 aromatic heterocycles. The zero-order valence-electron chi connectivity index (χ0n) is 11.5. The zero-order valence-corrected chi connectivity index (χ0v) is 11.5. The van der Waals surface area contributed by atoms with Crippen LogP contribution in [0, 0.1) is 17.3 Å². The second kappa shape index (κ2) is 4.30. The molecule has 0 aromatic rings. The number of rotatable bonds is 1. The van der Waals surface area contributed by atoms with E-state index in [1.807, 2.05) is 0 Å². The maximum atomic E-state index is 6.13. The Kier molecular flexibility index (Phi) is 3.33. The zero-order chi connectivity index (χ0) is 11.9. The molecule has 0 N–H and O–H groups in total. The molecule has 94 valence electrons. The topological polar surface area (TPSA) is 12.5 Å². The van der Waals surface area contributed by atoms with E-state index in [0.717, 1.165) is 18.4 Å². The van der Waals surface area contributed by atoms with Gasteiger partial charge in [0.15, 0.2) is 0 Å². The van der Waals surface area contributed by atoms with Gasteiger partial charge in [0.05, 0.1) is 12.2 Å². The fraction of sp³-hybridized carbons (Fsp3) is 1.00. The van der Waals surface area contributed by atoms with Gasteiger partial charge in [0, 0.05) is 19.6 Å². The Morgan fingerprint density at radius 2 is 1.88 bits per heavy atom. The number of fused-ring (bicyclic) bond motifs is 1. The van der Waals surface area contributed by atoms with Gasteiger partial charge in [-0.1, -0.05) is 27.7 Å². The van der Waals surface area contributed by atoms with Gasteiger partial charge in [-0.05, 0) is 30.6 Å². The summed E-state index contributed by atoms with van der Waals surface area (Å²) in [6.07, 6.45) is 2.32. The molecule has 0 radical (unpaired) electrons. The van der Waals surface area contributed by atoms with Gasteiger partial charge in [0.25, 0.3) is 0 Å². The summed E-state index contributed by atoms with van der Waals surface area (Å²) in [6.45, 7) is 15.1. The summed E-state index contributed by atoms with van der Waals surface area (Å²) in [5.41, 5.74) is 0.407. The lowest BCUT2D eigenvalue weighted by Gasteiger charge is -2.34. The molecule has 2 heteroatoms. The average Bonchev–Trinajstić information content (AvgIpc) is 2.44. The van der Waals surface area contributed by atoms with Gasteiger partial charge < -0.3 is 4.74 Å². The van der Waals surface area contributed by atoms with Crippen molar-refractivity contribution >= 4 is 0 Å². The van der Waals surface area contributed by atoms with Crippen molar-refractivity contribution in [2.24, 2.45) is 17.3 Å². The fourth-order valence-electron chi connectivity index (χ4n) is 3.19. The Morgan fingerprint density at radius 3 is 2.50 bits per heavy atom. The van der Waals surface area contributed by atoms with E-state index in [2.05, 4.69) is 39.5 Å². The van der Waals surface area contributed by atoms with E-state index in [1.54, 1.807) is 0 Å². The molecule has 4 unspecified atom stereocenters. The van der Waals surface area contributed by atoms with Crippen LogP contribution in [0.25, 0.3) is 0 Å².